The fourth-order valence-electron chi connectivity index (χ4n) is 2.70. The summed E-state index contributed by atoms with van der Waals surface area (Å²) < 4.78 is 16.0. The maximum absolute atomic E-state index is 10.9. The van der Waals surface area contributed by atoms with E-state index in [2.05, 4.69) is 0 Å². The van der Waals surface area contributed by atoms with Crippen LogP contribution < -0.4 is 14.2 Å². The Morgan fingerprint density at radius 1 is 0.759 bits per heavy atom. The summed E-state index contributed by atoms with van der Waals surface area (Å²) in [5.41, 5.74) is 1.64. The zero-order valence-electron chi connectivity index (χ0n) is 16.0. The first kappa shape index (κ1) is 21.4. The maximum atomic E-state index is 10.9. The van der Waals surface area contributed by atoms with Crippen molar-refractivity contribution >= 4 is 24.1 Å². The van der Waals surface area contributed by atoms with E-state index in [0.29, 0.717) is 28.2 Å². The minimum atomic E-state index is -1.13. The van der Waals surface area contributed by atoms with Gasteiger partial charge in [-0.25, -0.2) is 9.59 Å². The molecule has 2 aromatic carbocycles. The summed E-state index contributed by atoms with van der Waals surface area (Å²) in [4.78, 5) is 21.7. The van der Waals surface area contributed by atoms with Crippen LogP contribution in [0.4, 0.5) is 0 Å². The monoisotopic (exact) mass is 400 g/mol. The zero-order chi connectivity index (χ0) is 21.6. The number of benzene rings is 2. The highest BCUT2D eigenvalue weighted by Crippen LogP contribution is 2.46. The molecule has 0 atom stereocenters. The van der Waals surface area contributed by atoms with Gasteiger partial charge in [-0.2, -0.15) is 0 Å². The normalized spacial score (nSPS) is 11.0. The van der Waals surface area contributed by atoms with Crippen molar-refractivity contribution in [1.82, 2.24) is 0 Å². The van der Waals surface area contributed by atoms with Gasteiger partial charge in [-0.05, 0) is 47.5 Å². The lowest BCUT2D eigenvalue weighted by molar-refractivity contribution is -0.132. The second-order valence-electron chi connectivity index (χ2n) is 5.77. The molecule has 2 rings (SSSR count). The van der Waals surface area contributed by atoms with E-state index in [-0.39, 0.29) is 17.1 Å². The number of carbonyl (C=O) groups is 2. The summed E-state index contributed by atoms with van der Waals surface area (Å²) in [5.74, 6) is -1.69. The highest BCUT2D eigenvalue weighted by molar-refractivity contribution is 5.89. The van der Waals surface area contributed by atoms with Crippen molar-refractivity contribution in [3.63, 3.8) is 0 Å². The molecule has 0 aliphatic carbocycles. The SMILES string of the molecule is COc1cc(/C=C/C(=O)O)cc(-c2cc(/C=C/C(=O)O)cc(OC)c2OC)c1O. The van der Waals surface area contributed by atoms with Gasteiger partial charge in [-0.1, -0.05) is 0 Å². The van der Waals surface area contributed by atoms with Crippen LogP contribution in [-0.4, -0.2) is 48.6 Å². The molecule has 0 aromatic heterocycles. The molecule has 0 fully saturated rings. The van der Waals surface area contributed by atoms with E-state index in [1.807, 2.05) is 0 Å². The smallest absolute Gasteiger partial charge is 0.328 e. The molecule has 0 unspecified atom stereocenters. The van der Waals surface area contributed by atoms with Crippen LogP contribution in [-0.2, 0) is 9.59 Å². The maximum Gasteiger partial charge on any atom is 0.328 e. The summed E-state index contributed by atoms with van der Waals surface area (Å²) in [6.07, 6.45) is 4.65. The molecule has 29 heavy (non-hydrogen) atoms. The Hall–Kier alpha value is -3.94. The van der Waals surface area contributed by atoms with Gasteiger partial charge in [0.15, 0.2) is 23.0 Å². The Kier molecular flexibility index (Phi) is 6.86. The van der Waals surface area contributed by atoms with Gasteiger partial charge in [-0.3, -0.25) is 0 Å². The van der Waals surface area contributed by atoms with Crippen molar-refractivity contribution in [2.75, 3.05) is 21.3 Å². The lowest BCUT2D eigenvalue weighted by Gasteiger charge is -2.17. The highest BCUT2D eigenvalue weighted by Gasteiger charge is 2.19. The topological polar surface area (TPSA) is 123 Å². The molecule has 0 spiro atoms. The molecule has 0 aliphatic rings. The van der Waals surface area contributed by atoms with Crippen LogP contribution in [0.2, 0.25) is 0 Å². The van der Waals surface area contributed by atoms with Crippen molar-refractivity contribution in [2.45, 2.75) is 0 Å². The quantitative estimate of drug-likeness (QED) is 0.577. The number of carboxylic acid groups (broad SMARTS) is 2. The van der Waals surface area contributed by atoms with Gasteiger partial charge < -0.3 is 29.5 Å². The average Bonchev–Trinajstić information content (AvgIpc) is 2.70. The minimum absolute atomic E-state index is 0.125. The van der Waals surface area contributed by atoms with Crippen LogP contribution in [0.3, 0.4) is 0 Å². The molecule has 0 aliphatic heterocycles. The van der Waals surface area contributed by atoms with Gasteiger partial charge in [0.05, 0.1) is 21.3 Å². The number of hydrogen-bond donors (Lipinski definition) is 3. The zero-order valence-corrected chi connectivity index (χ0v) is 16.0. The molecular weight excluding hydrogens is 380 g/mol. The number of phenolic OH excluding ortho intramolecular Hbond substituents is 1. The van der Waals surface area contributed by atoms with E-state index in [1.165, 1.54) is 39.5 Å². The number of rotatable bonds is 8. The highest BCUT2D eigenvalue weighted by atomic mass is 16.5. The summed E-state index contributed by atoms with van der Waals surface area (Å²) in [7, 11) is 4.22. The standard InChI is InChI=1S/C21H20O8/c1-27-16-10-12(4-6-18(22)23)8-14(20(16)26)15-9-13(5-7-19(24)25)11-17(28-2)21(15)29-3/h4-11,26H,1-3H3,(H,22,23)(H,24,25)/b6-4+,7-5+. The van der Waals surface area contributed by atoms with Gasteiger partial charge in [0.1, 0.15) is 0 Å². The van der Waals surface area contributed by atoms with E-state index in [1.54, 1.807) is 18.2 Å². The van der Waals surface area contributed by atoms with E-state index in [4.69, 9.17) is 24.4 Å². The summed E-state index contributed by atoms with van der Waals surface area (Å²) in [5, 5.41) is 28.4. The third kappa shape index (κ3) is 5.07. The van der Waals surface area contributed by atoms with Gasteiger partial charge in [0.2, 0.25) is 0 Å². The van der Waals surface area contributed by atoms with Crippen LogP contribution in [0.1, 0.15) is 11.1 Å². The molecule has 3 N–H and O–H groups in total. The molecule has 8 heteroatoms. The predicted octanol–water partition coefficient (Wildman–Crippen LogP) is 3.28. The van der Waals surface area contributed by atoms with Crippen LogP contribution in [0.5, 0.6) is 23.0 Å². The summed E-state index contributed by atoms with van der Waals surface area (Å²) in [6, 6.07) is 6.24. The van der Waals surface area contributed by atoms with Crippen LogP contribution in [0.15, 0.2) is 36.4 Å². The van der Waals surface area contributed by atoms with Crippen molar-refractivity contribution < 1.29 is 39.1 Å². The number of carboxylic acids is 2. The summed E-state index contributed by atoms with van der Waals surface area (Å²) >= 11 is 0. The third-order valence-corrected chi connectivity index (χ3v) is 3.95. The number of aromatic hydroxyl groups is 1. The number of phenols is 1. The second kappa shape index (κ2) is 9.32. The molecule has 0 heterocycles. The Morgan fingerprint density at radius 2 is 1.24 bits per heavy atom. The molecule has 0 amide bonds. The van der Waals surface area contributed by atoms with Gasteiger partial charge >= 0.3 is 11.9 Å². The van der Waals surface area contributed by atoms with Crippen LogP contribution >= 0.6 is 0 Å². The molecule has 8 nitrogen and oxygen atoms in total. The second-order valence-corrected chi connectivity index (χ2v) is 5.77. The first-order valence-corrected chi connectivity index (χ1v) is 8.30. The van der Waals surface area contributed by atoms with Crippen LogP contribution in [0, 0.1) is 0 Å². The Balaban J connectivity index is 2.79. The van der Waals surface area contributed by atoms with Crippen molar-refractivity contribution in [3.8, 4) is 34.1 Å². The molecule has 0 radical (unpaired) electrons. The molecule has 0 saturated carbocycles. The van der Waals surface area contributed by atoms with Gasteiger partial charge in [-0.15, -0.1) is 0 Å². The minimum Gasteiger partial charge on any atom is -0.504 e. The fraction of sp³-hybridized carbons (Fsp3) is 0.143. The van der Waals surface area contributed by atoms with E-state index >= 15 is 0 Å². The Bertz CT molecular complexity index is 989. The largest absolute Gasteiger partial charge is 0.504 e. The first-order valence-electron chi connectivity index (χ1n) is 8.30. The van der Waals surface area contributed by atoms with Crippen LogP contribution in [0.25, 0.3) is 23.3 Å². The molecule has 0 bridgehead atoms. The lowest BCUT2D eigenvalue weighted by atomic mass is 9.97. The number of ether oxygens (including phenoxy) is 3. The Labute approximate surface area is 166 Å². The van der Waals surface area contributed by atoms with Crippen molar-refractivity contribution in [1.29, 1.82) is 0 Å². The molecule has 0 saturated heterocycles. The molecule has 152 valence electrons. The average molecular weight is 400 g/mol. The van der Waals surface area contributed by atoms with Gasteiger partial charge in [0.25, 0.3) is 0 Å². The Morgan fingerprint density at radius 3 is 1.69 bits per heavy atom. The van der Waals surface area contributed by atoms with E-state index in [0.717, 1.165) is 12.2 Å². The third-order valence-electron chi connectivity index (χ3n) is 3.95. The summed E-state index contributed by atoms with van der Waals surface area (Å²) in [6.45, 7) is 0. The lowest BCUT2D eigenvalue weighted by Crippen LogP contribution is -1.97. The number of methoxy groups -OCH3 is 3. The number of aliphatic carboxylic acids is 2. The predicted molar refractivity (Wildman–Crippen MR) is 107 cm³/mol. The molecular formula is C21H20O8. The van der Waals surface area contributed by atoms with Crippen molar-refractivity contribution in [2.24, 2.45) is 0 Å². The van der Waals surface area contributed by atoms with E-state index < -0.39 is 11.9 Å². The fourth-order valence-corrected chi connectivity index (χ4v) is 2.70. The van der Waals surface area contributed by atoms with E-state index in [9.17, 15) is 14.7 Å². The molecule has 2 aromatic rings. The number of hydrogen-bond acceptors (Lipinski definition) is 6. The first-order chi connectivity index (χ1) is 13.8. The van der Waals surface area contributed by atoms with Crippen molar-refractivity contribution in [3.05, 3.63) is 47.5 Å². The van der Waals surface area contributed by atoms with Gasteiger partial charge in [0, 0.05) is 23.3 Å².